The second-order valence-electron chi connectivity index (χ2n) is 22.5. The van der Waals surface area contributed by atoms with E-state index < -0.39 is 84.0 Å². The quantitative estimate of drug-likeness (QED) is 0.0263. The van der Waals surface area contributed by atoms with Crippen LogP contribution in [0.2, 0.25) is 0 Å². The number of carbonyl (C=O) groups excluding carboxylic acids is 5. The molecule has 0 saturated carbocycles. The number of aliphatic hydroxyl groups excluding tert-OH is 4. The van der Waals surface area contributed by atoms with Gasteiger partial charge < -0.3 is 51.4 Å². The molecule has 14 atom stereocenters. The Morgan fingerprint density at radius 1 is 0.803 bits per heavy atom. The summed E-state index contributed by atoms with van der Waals surface area (Å²) < 4.78 is 0. The van der Waals surface area contributed by atoms with Gasteiger partial charge in [-0.3, -0.25) is 29.0 Å². The molecule has 0 spiro atoms. The lowest BCUT2D eigenvalue weighted by atomic mass is 9.80. The number of rotatable bonds is 33. The molecule has 2 heterocycles. The van der Waals surface area contributed by atoms with Crippen LogP contribution in [-0.2, 0) is 35.2 Å². The Balaban J connectivity index is 1.48. The van der Waals surface area contributed by atoms with Gasteiger partial charge in [-0.15, -0.1) is 0 Å². The van der Waals surface area contributed by atoms with E-state index in [1.165, 1.54) is 24.1 Å². The molecule has 1 aromatic carbocycles. The van der Waals surface area contributed by atoms with Crippen LogP contribution in [-0.4, -0.2) is 126 Å². The highest BCUT2D eigenvalue weighted by Gasteiger charge is 2.38. The van der Waals surface area contributed by atoms with Gasteiger partial charge in [0.25, 0.3) is 5.91 Å². The predicted molar refractivity (Wildman–Crippen MR) is 294 cm³/mol. The first kappa shape index (κ1) is 65.3. The number of carboxylic acids is 1. The Hall–Kier alpha value is -4.94. The normalized spacial score (nSPS) is 21.9. The van der Waals surface area contributed by atoms with E-state index in [0.717, 1.165) is 37.7 Å². The zero-order valence-electron chi connectivity index (χ0n) is 47.0. The summed E-state index contributed by atoms with van der Waals surface area (Å²) in [6.45, 7) is 16.9. The van der Waals surface area contributed by atoms with Crippen molar-refractivity contribution in [2.75, 3.05) is 6.54 Å². The first-order valence-corrected chi connectivity index (χ1v) is 28.1. The fourth-order valence-electron chi connectivity index (χ4n) is 10.2. The number of phenolic OH excluding ortho intramolecular Hbond substituents is 1. The summed E-state index contributed by atoms with van der Waals surface area (Å²) >= 11 is 0. The van der Waals surface area contributed by atoms with E-state index in [1.54, 1.807) is 32.9 Å². The number of allylic oxidation sites excluding steroid dienone is 5. The smallest absolute Gasteiger partial charge is 0.322 e. The summed E-state index contributed by atoms with van der Waals surface area (Å²) in [4.78, 5) is 78.2. The van der Waals surface area contributed by atoms with Gasteiger partial charge in [0.15, 0.2) is 0 Å². The lowest BCUT2D eigenvalue weighted by molar-refractivity contribution is -0.148. The second-order valence-corrected chi connectivity index (χ2v) is 22.5. The Morgan fingerprint density at radius 2 is 1.51 bits per heavy atom. The third-order valence-corrected chi connectivity index (χ3v) is 15.7. The van der Waals surface area contributed by atoms with Crippen LogP contribution in [0.3, 0.4) is 0 Å². The molecule has 2 fully saturated rings. The molecule has 428 valence electrons. The number of hydrogen-bond acceptors (Lipinski definition) is 12. The van der Waals surface area contributed by atoms with E-state index >= 15 is 0 Å². The van der Waals surface area contributed by atoms with E-state index in [9.17, 15) is 59.4 Å². The fourth-order valence-corrected chi connectivity index (χ4v) is 10.2. The highest BCUT2D eigenvalue weighted by atomic mass is 16.4. The number of aromatic hydroxyl groups is 1. The van der Waals surface area contributed by atoms with Crippen molar-refractivity contribution in [3.05, 3.63) is 65.8 Å². The van der Waals surface area contributed by atoms with Crippen molar-refractivity contribution in [2.24, 2.45) is 41.4 Å². The van der Waals surface area contributed by atoms with Crippen molar-refractivity contribution in [3.8, 4) is 5.75 Å². The van der Waals surface area contributed by atoms with Gasteiger partial charge in [0.2, 0.25) is 17.7 Å². The highest BCUT2D eigenvalue weighted by Crippen LogP contribution is 2.29. The van der Waals surface area contributed by atoms with Crippen LogP contribution in [0.1, 0.15) is 164 Å². The molecule has 0 aromatic heterocycles. The number of nitrogens with one attached hydrogen (secondary N) is 4. The van der Waals surface area contributed by atoms with Crippen LogP contribution in [0.15, 0.2) is 60.2 Å². The highest BCUT2D eigenvalue weighted by molar-refractivity contribution is 5.93. The van der Waals surface area contributed by atoms with Gasteiger partial charge in [0.05, 0.1) is 30.3 Å². The summed E-state index contributed by atoms with van der Waals surface area (Å²) in [7, 11) is 0. The van der Waals surface area contributed by atoms with E-state index in [-0.39, 0.29) is 73.0 Å². The number of ketones is 1. The van der Waals surface area contributed by atoms with E-state index in [0.29, 0.717) is 56.9 Å². The molecule has 14 unspecified atom stereocenters. The Morgan fingerprint density at radius 3 is 2.16 bits per heavy atom. The molecule has 4 amide bonds. The van der Waals surface area contributed by atoms with Crippen molar-refractivity contribution in [1.29, 1.82) is 0 Å². The average Bonchev–Trinajstić information content (AvgIpc) is 3.38. The number of phenols is 1. The van der Waals surface area contributed by atoms with E-state index in [1.807, 2.05) is 58.9 Å². The molecule has 0 radical (unpaired) electrons. The zero-order valence-corrected chi connectivity index (χ0v) is 47.0. The van der Waals surface area contributed by atoms with Crippen LogP contribution >= 0.6 is 0 Å². The Kier molecular flexibility index (Phi) is 28.7. The minimum atomic E-state index is -1.20. The number of nitrogens with zero attached hydrogens (tertiary/aromatic N) is 1. The van der Waals surface area contributed by atoms with Gasteiger partial charge in [-0.05, 0) is 145 Å². The van der Waals surface area contributed by atoms with Crippen molar-refractivity contribution >= 4 is 35.4 Å². The molecule has 1 aromatic rings. The molecule has 3 rings (SSSR count). The van der Waals surface area contributed by atoms with Gasteiger partial charge in [-0.25, -0.2) is 5.43 Å². The number of aliphatic hydroxyl groups is 4. The first-order chi connectivity index (χ1) is 35.9. The van der Waals surface area contributed by atoms with Gasteiger partial charge >= 0.3 is 5.97 Å². The van der Waals surface area contributed by atoms with E-state index in [2.05, 4.69) is 27.5 Å². The number of hydrazine groups is 1. The van der Waals surface area contributed by atoms with Crippen LogP contribution in [0, 0.1) is 41.4 Å². The van der Waals surface area contributed by atoms with E-state index in [4.69, 9.17) is 0 Å². The van der Waals surface area contributed by atoms with Gasteiger partial charge in [0.1, 0.15) is 29.7 Å². The largest absolute Gasteiger partial charge is 0.508 e. The molecular weight excluding hydrogens is 971 g/mol. The second kappa shape index (κ2) is 33.4. The van der Waals surface area contributed by atoms with Crippen LogP contribution in [0.4, 0.5) is 0 Å². The molecule has 2 saturated heterocycles. The number of carboxylic acid groups (broad SMARTS) is 1. The maximum Gasteiger partial charge on any atom is 0.322 e. The third kappa shape index (κ3) is 22.2. The molecule has 17 nitrogen and oxygen atoms in total. The van der Waals surface area contributed by atoms with Crippen LogP contribution < -0.4 is 21.4 Å². The lowest BCUT2D eigenvalue weighted by Crippen LogP contribution is -2.62. The summed E-state index contributed by atoms with van der Waals surface area (Å²) in [5, 5.41) is 73.9. The van der Waals surface area contributed by atoms with Gasteiger partial charge in [-0.1, -0.05) is 96.6 Å². The molecule has 76 heavy (non-hydrogen) atoms. The fraction of sp³-hybridized carbons (Fsp3) is 0.695. The number of piperidine rings is 1. The van der Waals surface area contributed by atoms with Crippen molar-refractivity contribution in [1.82, 2.24) is 26.4 Å². The predicted octanol–water partition coefficient (Wildman–Crippen LogP) is 6.60. The zero-order chi connectivity index (χ0) is 56.6. The van der Waals surface area contributed by atoms with Crippen LogP contribution in [0.25, 0.3) is 0 Å². The minimum Gasteiger partial charge on any atom is -0.508 e. The molecule has 2 aliphatic heterocycles. The average molecular weight is 1070 g/mol. The molecule has 17 heteroatoms. The van der Waals surface area contributed by atoms with Crippen molar-refractivity contribution in [2.45, 2.75) is 214 Å². The summed E-state index contributed by atoms with van der Waals surface area (Å²) in [5.41, 5.74) is 4.38. The molecular formula is C59H95N5O12. The monoisotopic (exact) mass is 1070 g/mol. The summed E-state index contributed by atoms with van der Waals surface area (Å²) in [6.07, 6.45) is 15.3. The third-order valence-electron chi connectivity index (χ3n) is 15.7. The lowest BCUT2D eigenvalue weighted by Gasteiger charge is -2.36. The number of hydrogen-bond donors (Lipinski definition) is 10. The number of Topliss-reactive ketones (excluding diaryl/α,β-unsaturated/α-hetero) is 1. The molecule has 0 aliphatic carbocycles. The topological polar surface area (TPSA) is 275 Å². The van der Waals surface area contributed by atoms with Crippen molar-refractivity contribution in [3.63, 3.8) is 0 Å². The Bertz CT molecular complexity index is 2090. The number of amides is 4. The standard InChI is InChI=1S/C59H95N5O12/c1-10-44-28-31-48(60-55(44)71)42(9)53(69)40(7)26-32-51(68)38(5)19-13-11-12-18-37(4)25-29-45(66)22-15-14-20-39(6)54(70)47(30-27-41(8)65)56(72)62-52(36(2)3)57(73)61-50(35-43-21-16-23-46(67)34-43)58(74)64-33-17-24-49(63-64)59(75)76/h11-12,14-16,18,21,23,34,36,38-40,42,44-45,47-54,63,66-70H,10,13,17,19-20,22,24-33,35H2,1-9H3,(H,60,71)(H,61,73)(H,62,72)(H,75,76)/b12-11+,15-14+,37-18+. The Labute approximate surface area is 452 Å². The van der Waals surface area contributed by atoms with Crippen LogP contribution in [0.5, 0.6) is 5.75 Å². The molecule has 0 bridgehead atoms. The summed E-state index contributed by atoms with van der Waals surface area (Å²) in [6, 6.07) is 2.83. The maximum atomic E-state index is 14.0. The minimum absolute atomic E-state index is 0.000139. The molecule has 2 aliphatic rings. The van der Waals surface area contributed by atoms with Crippen molar-refractivity contribution < 1.29 is 59.4 Å². The number of benzene rings is 1. The molecule has 10 N–H and O–H groups in total. The SMILES string of the molecule is CCC1CCC(C(C)C(O)C(C)CCC(O)C(C)CC/C=C/C=C(\C)CCC(O)C/C=C/CC(C)C(O)C(CCC(C)=O)C(=O)NC(C(=O)NC(Cc2cccc(O)c2)C(=O)N2CCCC(C(=O)O)N2)C(C)C)NC1=O. The first-order valence-electron chi connectivity index (χ1n) is 28.1. The number of aliphatic carboxylic acids is 1. The maximum absolute atomic E-state index is 14.0. The number of carbonyl (C=O) groups is 6. The summed E-state index contributed by atoms with van der Waals surface area (Å²) in [5.74, 6) is -5.01. The van der Waals surface area contributed by atoms with Gasteiger partial charge in [-0.2, -0.15) is 0 Å². The van der Waals surface area contributed by atoms with Gasteiger partial charge in [0, 0.05) is 37.3 Å².